The average Bonchev–Trinajstić information content (AvgIpc) is 2.40. The van der Waals surface area contributed by atoms with Crippen molar-refractivity contribution in [1.82, 2.24) is 10.2 Å². The van der Waals surface area contributed by atoms with E-state index in [0.717, 1.165) is 10.0 Å². The standard InChI is InChI=1S/C14H22BrN3O/c1-10(14(19)17-2)9-18(3)13(8-16)11-6-4-5-7-12(11)15/h4-7,10,13H,8-9,16H2,1-3H3,(H,17,19). The normalized spacial score (nSPS) is 14.2. The maximum atomic E-state index is 11.6. The zero-order chi connectivity index (χ0) is 14.4. The summed E-state index contributed by atoms with van der Waals surface area (Å²) in [6.07, 6.45) is 0. The predicted molar refractivity (Wildman–Crippen MR) is 81.8 cm³/mol. The number of nitrogens with one attached hydrogen (secondary N) is 1. The highest BCUT2D eigenvalue weighted by Crippen LogP contribution is 2.26. The van der Waals surface area contributed by atoms with Gasteiger partial charge in [0.25, 0.3) is 0 Å². The second-order valence-electron chi connectivity index (χ2n) is 4.73. The van der Waals surface area contributed by atoms with Gasteiger partial charge in [-0.05, 0) is 18.7 Å². The molecule has 1 amide bonds. The van der Waals surface area contributed by atoms with Crippen LogP contribution in [0.25, 0.3) is 0 Å². The van der Waals surface area contributed by atoms with Crippen LogP contribution in [0.4, 0.5) is 0 Å². The van der Waals surface area contributed by atoms with Crippen LogP contribution in [0.3, 0.4) is 0 Å². The Labute approximate surface area is 123 Å². The van der Waals surface area contributed by atoms with E-state index in [4.69, 9.17) is 5.73 Å². The summed E-state index contributed by atoms with van der Waals surface area (Å²) in [4.78, 5) is 13.7. The summed E-state index contributed by atoms with van der Waals surface area (Å²) in [5, 5.41) is 2.67. The lowest BCUT2D eigenvalue weighted by molar-refractivity contribution is -0.124. The fourth-order valence-electron chi connectivity index (χ4n) is 2.18. The molecule has 3 N–H and O–H groups in total. The van der Waals surface area contributed by atoms with E-state index in [0.29, 0.717) is 13.1 Å². The lowest BCUT2D eigenvalue weighted by Crippen LogP contribution is -2.38. The molecular weight excluding hydrogens is 306 g/mol. The third-order valence-corrected chi connectivity index (χ3v) is 4.00. The third kappa shape index (κ3) is 4.30. The first kappa shape index (κ1) is 16.1. The summed E-state index contributed by atoms with van der Waals surface area (Å²) in [5.74, 6) is -0.0127. The summed E-state index contributed by atoms with van der Waals surface area (Å²) < 4.78 is 1.05. The zero-order valence-electron chi connectivity index (χ0n) is 11.7. The van der Waals surface area contributed by atoms with Crippen molar-refractivity contribution < 1.29 is 4.79 Å². The Morgan fingerprint density at radius 3 is 2.63 bits per heavy atom. The number of rotatable bonds is 6. The van der Waals surface area contributed by atoms with Crippen molar-refractivity contribution in [1.29, 1.82) is 0 Å². The van der Waals surface area contributed by atoms with Crippen LogP contribution in [0, 0.1) is 5.92 Å². The molecule has 0 fully saturated rings. The minimum atomic E-state index is -0.0634. The molecule has 1 rings (SSSR count). The van der Waals surface area contributed by atoms with Gasteiger partial charge in [-0.1, -0.05) is 41.1 Å². The van der Waals surface area contributed by atoms with Gasteiger partial charge in [0.1, 0.15) is 0 Å². The second kappa shape index (κ2) is 7.62. The van der Waals surface area contributed by atoms with Gasteiger partial charge < -0.3 is 11.1 Å². The molecule has 0 heterocycles. The first-order valence-electron chi connectivity index (χ1n) is 6.37. The molecule has 0 saturated heterocycles. The summed E-state index contributed by atoms with van der Waals surface area (Å²) in [6, 6.07) is 8.15. The van der Waals surface area contributed by atoms with E-state index >= 15 is 0 Å². The monoisotopic (exact) mass is 327 g/mol. The molecule has 0 aliphatic heterocycles. The van der Waals surface area contributed by atoms with Crippen LogP contribution >= 0.6 is 15.9 Å². The Balaban J connectivity index is 2.80. The Bertz CT molecular complexity index is 425. The van der Waals surface area contributed by atoms with Crippen LogP contribution < -0.4 is 11.1 Å². The van der Waals surface area contributed by atoms with E-state index in [2.05, 4.69) is 32.2 Å². The number of carbonyl (C=O) groups excluding carboxylic acids is 1. The van der Waals surface area contributed by atoms with Gasteiger partial charge in [0.2, 0.25) is 5.91 Å². The molecule has 0 bridgehead atoms. The van der Waals surface area contributed by atoms with E-state index < -0.39 is 0 Å². The SMILES string of the molecule is CNC(=O)C(C)CN(C)C(CN)c1ccccc1Br. The number of nitrogens with two attached hydrogens (primary N) is 1. The van der Waals surface area contributed by atoms with Crippen molar-refractivity contribution >= 4 is 21.8 Å². The lowest BCUT2D eigenvalue weighted by atomic mass is 10.0. The van der Waals surface area contributed by atoms with E-state index in [9.17, 15) is 4.79 Å². The molecule has 0 aromatic heterocycles. The molecule has 2 unspecified atom stereocenters. The molecular formula is C14H22BrN3O. The molecule has 2 atom stereocenters. The van der Waals surface area contributed by atoms with E-state index in [1.54, 1.807) is 7.05 Å². The number of amides is 1. The molecule has 5 heteroatoms. The number of carbonyl (C=O) groups is 1. The van der Waals surface area contributed by atoms with Crippen molar-refractivity contribution in [2.24, 2.45) is 11.7 Å². The number of hydrogen-bond donors (Lipinski definition) is 2. The van der Waals surface area contributed by atoms with E-state index in [1.165, 1.54) is 0 Å². The predicted octanol–water partition coefficient (Wildman–Crippen LogP) is 1.76. The third-order valence-electron chi connectivity index (χ3n) is 3.28. The Kier molecular flexibility index (Phi) is 6.48. The van der Waals surface area contributed by atoms with Gasteiger partial charge in [0, 0.05) is 36.6 Å². The fourth-order valence-corrected chi connectivity index (χ4v) is 2.73. The highest BCUT2D eigenvalue weighted by Gasteiger charge is 2.21. The van der Waals surface area contributed by atoms with E-state index in [1.807, 2.05) is 32.2 Å². The number of likely N-dealkylation sites (N-methyl/N-ethyl adjacent to an activating group) is 1. The molecule has 0 spiro atoms. The maximum Gasteiger partial charge on any atom is 0.223 e. The van der Waals surface area contributed by atoms with Crippen LogP contribution in [-0.2, 0) is 4.79 Å². The van der Waals surface area contributed by atoms with Crippen molar-refractivity contribution in [3.8, 4) is 0 Å². The topological polar surface area (TPSA) is 58.4 Å². The number of hydrogen-bond acceptors (Lipinski definition) is 3. The molecule has 0 radical (unpaired) electrons. The molecule has 0 saturated carbocycles. The van der Waals surface area contributed by atoms with Crippen molar-refractivity contribution in [2.45, 2.75) is 13.0 Å². The summed E-state index contributed by atoms with van der Waals surface area (Å²) in [5.41, 5.74) is 7.05. The first-order valence-corrected chi connectivity index (χ1v) is 7.16. The minimum absolute atomic E-state index is 0.0507. The molecule has 4 nitrogen and oxygen atoms in total. The van der Waals surface area contributed by atoms with Gasteiger partial charge in [-0.3, -0.25) is 9.69 Å². The number of benzene rings is 1. The highest BCUT2D eigenvalue weighted by molar-refractivity contribution is 9.10. The van der Waals surface area contributed by atoms with Gasteiger partial charge in [0.05, 0.1) is 0 Å². The minimum Gasteiger partial charge on any atom is -0.359 e. The van der Waals surface area contributed by atoms with Crippen LogP contribution in [0.1, 0.15) is 18.5 Å². The molecule has 106 valence electrons. The zero-order valence-corrected chi connectivity index (χ0v) is 13.3. The van der Waals surface area contributed by atoms with Crippen molar-refractivity contribution in [2.75, 3.05) is 27.2 Å². The van der Waals surface area contributed by atoms with Crippen molar-refractivity contribution in [3.63, 3.8) is 0 Å². The van der Waals surface area contributed by atoms with Crippen LogP contribution in [0.15, 0.2) is 28.7 Å². The summed E-state index contributed by atoms with van der Waals surface area (Å²) >= 11 is 3.55. The summed E-state index contributed by atoms with van der Waals surface area (Å²) in [6.45, 7) is 3.10. The smallest absolute Gasteiger partial charge is 0.223 e. The largest absolute Gasteiger partial charge is 0.359 e. The average molecular weight is 328 g/mol. The molecule has 1 aromatic carbocycles. The van der Waals surface area contributed by atoms with Crippen LogP contribution in [0.2, 0.25) is 0 Å². The number of nitrogens with zero attached hydrogens (tertiary/aromatic N) is 1. The summed E-state index contributed by atoms with van der Waals surface area (Å²) in [7, 11) is 3.66. The molecule has 19 heavy (non-hydrogen) atoms. The van der Waals surface area contributed by atoms with Crippen LogP contribution in [-0.4, -0.2) is 38.0 Å². The Hall–Kier alpha value is -0.910. The number of halogens is 1. The lowest BCUT2D eigenvalue weighted by Gasteiger charge is -2.30. The van der Waals surface area contributed by atoms with Crippen molar-refractivity contribution in [3.05, 3.63) is 34.3 Å². The molecule has 1 aromatic rings. The Morgan fingerprint density at radius 2 is 2.11 bits per heavy atom. The Morgan fingerprint density at radius 1 is 1.47 bits per heavy atom. The molecule has 0 aliphatic carbocycles. The van der Waals surface area contributed by atoms with E-state index in [-0.39, 0.29) is 17.9 Å². The van der Waals surface area contributed by atoms with Gasteiger partial charge in [-0.25, -0.2) is 0 Å². The highest BCUT2D eigenvalue weighted by atomic mass is 79.9. The first-order chi connectivity index (χ1) is 9.01. The fraction of sp³-hybridized carbons (Fsp3) is 0.500. The van der Waals surface area contributed by atoms with Gasteiger partial charge in [-0.2, -0.15) is 0 Å². The maximum absolute atomic E-state index is 11.6. The van der Waals surface area contributed by atoms with Gasteiger partial charge in [-0.15, -0.1) is 0 Å². The quantitative estimate of drug-likeness (QED) is 0.837. The molecule has 0 aliphatic rings. The van der Waals surface area contributed by atoms with Gasteiger partial charge in [0.15, 0.2) is 0 Å². The van der Waals surface area contributed by atoms with Crippen LogP contribution in [0.5, 0.6) is 0 Å². The second-order valence-corrected chi connectivity index (χ2v) is 5.58. The van der Waals surface area contributed by atoms with Gasteiger partial charge >= 0.3 is 0 Å².